The summed E-state index contributed by atoms with van der Waals surface area (Å²) in [5.74, 6) is 0.505. The summed E-state index contributed by atoms with van der Waals surface area (Å²) < 4.78 is 18.3. The fourth-order valence-corrected chi connectivity index (χ4v) is 3.11. The van der Waals surface area contributed by atoms with Crippen molar-refractivity contribution in [2.24, 2.45) is 11.7 Å². The molecule has 2 aromatic rings. The summed E-state index contributed by atoms with van der Waals surface area (Å²) in [6, 6.07) is 6.14. The molecule has 2 atom stereocenters. The number of amides is 1. The summed E-state index contributed by atoms with van der Waals surface area (Å²) in [6.45, 7) is 0.510. The summed E-state index contributed by atoms with van der Waals surface area (Å²) in [6.07, 6.45) is 5.83. The third kappa shape index (κ3) is 4.20. The number of oxazole rings is 1. The van der Waals surface area contributed by atoms with Gasteiger partial charge in [-0.25, -0.2) is 9.37 Å². The van der Waals surface area contributed by atoms with Gasteiger partial charge in [0.1, 0.15) is 12.1 Å². The Kier molecular flexibility index (Phi) is 5.25. The summed E-state index contributed by atoms with van der Waals surface area (Å²) in [7, 11) is 0. The van der Waals surface area contributed by atoms with Gasteiger partial charge in [0.05, 0.1) is 5.69 Å². The molecule has 5 nitrogen and oxygen atoms in total. The molecule has 1 aromatic carbocycles. The van der Waals surface area contributed by atoms with Crippen molar-refractivity contribution in [2.75, 3.05) is 6.54 Å². The SMILES string of the molecule is N[C@@H]1CCC[C@H]1CC(=O)NCCc1coc(-c2ccc(F)cc2)n1. The van der Waals surface area contributed by atoms with E-state index in [1.165, 1.54) is 12.1 Å². The van der Waals surface area contributed by atoms with Crippen molar-refractivity contribution in [1.82, 2.24) is 10.3 Å². The molecule has 1 fully saturated rings. The highest BCUT2D eigenvalue weighted by atomic mass is 19.1. The van der Waals surface area contributed by atoms with Crippen LogP contribution in [0.4, 0.5) is 4.39 Å². The van der Waals surface area contributed by atoms with E-state index in [0.717, 1.165) is 30.5 Å². The van der Waals surface area contributed by atoms with Crippen molar-refractivity contribution < 1.29 is 13.6 Å². The molecule has 1 aliphatic carbocycles. The first-order chi connectivity index (χ1) is 11.6. The summed E-state index contributed by atoms with van der Waals surface area (Å²) in [5, 5.41) is 2.91. The molecule has 3 rings (SSSR count). The van der Waals surface area contributed by atoms with Crippen molar-refractivity contribution in [2.45, 2.75) is 38.1 Å². The van der Waals surface area contributed by atoms with Crippen molar-refractivity contribution in [3.05, 3.63) is 42.0 Å². The highest BCUT2D eigenvalue weighted by molar-refractivity contribution is 5.76. The largest absolute Gasteiger partial charge is 0.444 e. The van der Waals surface area contributed by atoms with Gasteiger partial charge in [0.2, 0.25) is 11.8 Å². The van der Waals surface area contributed by atoms with Gasteiger partial charge in [0.15, 0.2) is 0 Å². The second-order valence-electron chi connectivity index (χ2n) is 6.31. The van der Waals surface area contributed by atoms with Crippen LogP contribution in [0.1, 0.15) is 31.4 Å². The topological polar surface area (TPSA) is 81.2 Å². The van der Waals surface area contributed by atoms with Crippen LogP contribution in [0.25, 0.3) is 11.5 Å². The number of carbonyl (C=O) groups excluding carboxylic acids is 1. The minimum absolute atomic E-state index is 0.0413. The lowest BCUT2D eigenvalue weighted by atomic mass is 10.00. The van der Waals surface area contributed by atoms with E-state index in [1.807, 2.05) is 0 Å². The van der Waals surface area contributed by atoms with Crippen LogP contribution in [0, 0.1) is 11.7 Å². The van der Waals surface area contributed by atoms with Gasteiger partial charge in [-0.05, 0) is 43.0 Å². The van der Waals surface area contributed by atoms with Gasteiger partial charge in [-0.2, -0.15) is 0 Å². The third-order valence-corrected chi connectivity index (χ3v) is 4.51. The number of nitrogens with one attached hydrogen (secondary N) is 1. The van der Waals surface area contributed by atoms with Crippen molar-refractivity contribution in [3.63, 3.8) is 0 Å². The summed E-state index contributed by atoms with van der Waals surface area (Å²) >= 11 is 0. The first kappa shape index (κ1) is 16.6. The van der Waals surface area contributed by atoms with Crippen LogP contribution in [0.5, 0.6) is 0 Å². The average Bonchev–Trinajstić information content (AvgIpc) is 3.18. The Morgan fingerprint density at radius 3 is 2.83 bits per heavy atom. The lowest BCUT2D eigenvalue weighted by molar-refractivity contribution is -0.122. The van der Waals surface area contributed by atoms with Gasteiger partial charge >= 0.3 is 0 Å². The molecule has 1 heterocycles. The monoisotopic (exact) mass is 331 g/mol. The Hall–Kier alpha value is -2.21. The van der Waals surface area contributed by atoms with E-state index in [2.05, 4.69) is 10.3 Å². The standard InChI is InChI=1S/C18H22FN3O2/c19-14-6-4-12(5-7-14)18-22-15(11-24-18)8-9-21-17(23)10-13-2-1-3-16(13)20/h4-7,11,13,16H,1-3,8-10,20H2,(H,21,23)/t13-,16+/m0/s1. The summed E-state index contributed by atoms with van der Waals surface area (Å²) in [4.78, 5) is 16.3. The first-order valence-corrected chi connectivity index (χ1v) is 8.34. The number of aromatic nitrogens is 1. The number of halogens is 1. The van der Waals surface area contributed by atoms with E-state index in [4.69, 9.17) is 10.2 Å². The van der Waals surface area contributed by atoms with Gasteiger partial charge < -0.3 is 15.5 Å². The van der Waals surface area contributed by atoms with Crippen molar-refractivity contribution in [3.8, 4) is 11.5 Å². The van der Waals surface area contributed by atoms with Crippen LogP contribution in [-0.2, 0) is 11.2 Å². The maximum absolute atomic E-state index is 12.9. The number of carbonyl (C=O) groups is 1. The molecule has 1 aliphatic rings. The molecule has 24 heavy (non-hydrogen) atoms. The summed E-state index contributed by atoms with van der Waals surface area (Å²) in [5.41, 5.74) is 7.47. The van der Waals surface area contributed by atoms with Gasteiger partial charge in [-0.15, -0.1) is 0 Å². The van der Waals surface area contributed by atoms with Gasteiger partial charge in [-0.1, -0.05) is 6.42 Å². The molecule has 3 N–H and O–H groups in total. The molecule has 1 aromatic heterocycles. The maximum atomic E-state index is 12.9. The van der Waals surface area contributed by atoms with Gasteiger partial charge in [-0.3, -0.25) is 4.79 Å². The smallest absolute Gasteiger partial charge is 0.226 e. The lowest BCUT2D eigenvalue weighted by Gasteiger charge is -2.14. The van der Waals surface area contributed by atoms with Gasteiger partial charge in [0, 0.05) is 31.0 Å². The zero-order chi connectivity index (χ0) is 16.9. The lowest BCUT2D eigenvalue weighted by Crippen LogP contribution is -2.32. The minimum Gasteiger partial charge on any atom is -0.444 e. The van der Waals surface area contributed by atoms with Crippen LogP contribution < -0.4 is 11.1 Å². The molecule has 0 spiro atoms. The Bertz CT molecular complexity index is 684. The van der Waals surface area contributed by atoms with Crippen molar-refractivity contribution in [1.29, 1.82) is 0 Å². The molecular formula is C18H22FN3O2. The number of hydrogen-bond acceptors (Lipinski definition) is 4. The Morgan fingerprint density at radius 2 is 2.12 bits per heavy atom. The molecule has 0 bridgehead atoms. The van der Waals surface area contributed by atoms with E-state index in [1.54, 1.807) is 18.4 Å². The Morgan fingerprint density at radius 1 is 1.33 bits per heavy atom. The Labute approximate surface area is 140 Å². The number of nitrogens with two attached hydrogens (primary N) is 1. The zero-order valence-electron chi connectivity index (χ0n) is 13.5. The molecular weight excluding hydrogens is 309 g/mol. The van der Waals surface area contributed by atoms with Crippen LogP contribution in [0.2, 0.25) is 0 Å². The quantitative estimate of drug-likeness (QED) is 0.853. The zero-order valence-corrected chi connectivity index (χ0v) is 13.5. The normalized spacial score (nSPS) is 20.2. The van der Waals surface area contributed by atoms with E-state index in [9.17, 15) is 9.18 Å². The molecule has 0 saturated heterocycles. The average molecular weight is 331 g/mol. The first-order valence-electron chi connectivity index (χ1n) is 8.34. The molecule has 0 unspecified atom stereocenters. The number of hydrogen-bond donors (Lipinski definition) is 2. The second kappa shape index (κ2) is 7.57. The van der Waals surface area contributed by atoms with Crippen LogP contribution in [0.3, 0.4) is 0 Å². The Balaban J connectivity index is 1.45. The molecule has 0 radical (unpaired) electrons. The fourth-order valence-electron chi connectivity index (χ4n) is 3.11. The van der Waals surface area contributed by atoms with Gasteiger partial charge in [0.25, 0.3) is 0 Å². The number of benzene rings is 1. The highest BCUT2D eigenvalue weighted by Gasteiger charge is 2.25. The molecule has 128 valence electrons. The van der Waals surface area contributed by atoms with E-state index >= 15 is 0 Å². The number of rotatable bonds is 6. The molecule has 0 aliphatic heterocycles. The molecule has 1 amide bonds. The number of nitrogens with zero attached hydrogens (tertiary/aromatic N) is 1. The predicted molar refractivity (Wildman–Crippen MR) is 88.5 cm³/mol. The van der Waals surface area contributed by atoms with Crippen LogP contribution in [-0.4, -0.2) is 23.5 Å². The van der Waals surface area contributed by atoms with E-state index in [0.29, 0.717) is 31.2 Å². The predicted octanol–water partition coefficient (Wildman–Crippen LogP) is 2.66. The van der Waals surface area contributed by atoms with E-state index in [-0.39, 0.29) is 17.8 Å². The van der Waals surface area contributed by atoms with Crippen LogP contribution in [0.15, 0.2) is 34.9 Å². The minimum atomic E-state index is -0.296. The maximum Gasteiger partial charge on any atom is 0.226 e. The van der Waals surface area contributed by atoms with Crippen molar-refractivity contribution >= 4 is 5.91 Å². The van der Waals surface area contributed by atoms with E-state index < -0.39 is 0 Å². The van der Waals surface area contributed by atoms with Crippen LogP contribution >= 0.6 is 0 Å². The molecule has 1 saturated carbocycles. The third-order valence-electron chi connectivity index (χ3n) is 4.51. The molecule has 6 heteroatoms. The fraction of sp³-hybridized carbons (Fsp3) is 0.444. The second-order valence-corrected chi connectivity index (χ2v) is 6.31. The highest BCUT2D eigenvalue weighted by Crippen LogP contribution is 2.26.